The Kier molecular flexibility index (Phi) is 12.5. The summed E-state index contributed by atoms with van der Waals surface area (Å²) < 4.78 is 0. The highest BCUT2D eigenvalue weighted by Crippen LogP contribution is 2.14. The van der Waals surface area contributed by atoms with Crippen LogP contribution in [0.4, 0.5) is 0 Å². The van der Waals surface area contributed by atoms with E-state index in [0.29, 0.717) is 6.61 Å². The predicted octanol–water partition coefficient (Wildman–Crippen LogP) is 4.85. The van der Waals surface area contributed by atoms with Crippen LogP contribution in [-0.4, -0.2) is 11.7 Å². The topological polar surface area (TPSA) is 20.2 Å². The normalized spacial score (nSPS) is 12.1. The maximum atomic E-state index is 8.97. The third kappa shape index (κ3) is 10.2. The van der Waals surface area contributed by atoms with Gasteiger partial charge in [0.15, 0.2) is 0 Å². The van der Waals surface area contributed by atoms with Crippen molar-refractivity contribution in [2.24, 2.45) is 0 Å². The molecule has 1 nitrogen and oxygen atoms in total. The third-order valence-electron chi connectivity index (χ3n) is 3.03. The van der Waals surface area contributed by atoms with Gasteiger partial charge in [-0.3, -0.25) is 0 Å². The first-order chi connectivity index (χ1) is 7.85. The molecule has 0 aliphatic carbocycles. The third-order valence-corrected chi connectivity index (χ3v) is 3.03. The predicted molar refractivity (Wildman–Crippen MR) is 72.7 cm³/mol. The maximum Gasteiger partial charge on any atom is 0.0468 e. The van der Waals surface area contributed by atoms with Crippen LogP contribution in [0.3, 0.4) is 0 Å². The van der Waals surface area contributed by atoms with Gasteiger partial charge in [-0.05, 0) is 32.1 Å². The molecule has 0 aromatic heterocycles. The number of aliphatic hydroxyl groups is 1. The molecule has 1 heteroatoms. The first-order valence-corrected chi connectivity index (χ1v) is 7.13. The van der Waals surface area contributed by atoms with Gasteiger partial charge < -0.3 is 5.11 Å². The van der Waals surface area contributed by atoms with Crippen LogP contribution in [-0.2, 0) is 0 Å². The molecule has 0 unspecified atom stereocenters. The van der Waals surface area contributed by atoms with Crippen LogP contribution in [0, 0.1) is 0 Å². The lowest BCUT2D eigenvalue weighted by atomic mass is 10.0. The molecule has 0 rings (SSSR count). The van der Waals surface area contributed by atoms with Crippen molar-refractivity contribution in [1.29, 1.82) is 0 Å². The maximum absolute atomic E-state index is 8.97. The quantitative estimate of drug-likeness (QED) is 0.394. The summed E-state index contributed by atoms with van der Waals surface area (Å²) in [4.78, 5) is 0. The summed E-state index contributed by atoms with van der Waals surface area (Å²) in [5.41, 5.74) is 1.47. The van der Waals surface area contributed by atoms with Crippen molar-refractivity contribution >= 4 is 0 Å². The summed E-state index contributed by atoms with van der Waals surface area (Å²) in [5.74, 6) is 0. The molecule has 0 radical (unpaired) electrons. The van der Waals surface area contributed by atoms with Crippen LogP contribution in [0.25, 0.3) is 0 Å². The average molecular weight is 226 g/mol. The Hall–Kier alpha value is -0.300. The average Bonchev–Trinajstić information content (AvgIpc) is 2.30. The van der Waals surface area contributed by atoms with Gasteiger partial charge in [0.25, 0.3) is 0 Å². The van der Waals surface area contributed by atoms with Crippen LogP contribution in [0.5, 0.6) is 0 Å². The zero-order valence-corrected chi connectivity index (χ0v) is 11.3. The van der Waals surface area contributed by atoms with Gasteiger partial charge >= 0.3 is 0 Å². The van der Waals surface area contributed by atoms with Crippen molar-refractivity contribution in [3.05, 3.63) is 11.6 Å². The van der Waals surface area contributed by atoms with Gasteiger partial charge in [0.05, 0.1) is 0 Å². The first kappa shape index (κ1) is 15.7. The molecular weight excluding hydrogens is 196 g/mol. The Bertz CT molecular complexity index is 161. The largest absolute Gasteiger partial charge is 0.396 e. The molecule has 0 bridgehead atoms. The number of allylic oxidation sites excluding steroid dienone is 1. The molecule has 96 valence electrons. The van der Waals surface area contributed by atoms with Crippen molar-refractivity contribution in [2.45, 2.75) is 78.1 Å². The Morgan fingerprint density at radius 3 is 2.19 bits per heavy atom. The lowest BCUT2D eigenvalue weighted by molar-refractivity contribution is 0.297. The van der Waals surface area contributed by atoms with Gasteiger partial charge in [0.1, 0.15) is 0 Å². The molecular formula is C15H30O. The summed E-state index contributed by atoms with van der Waals surface area (Å²) in [6, 6.07) is 0. The fourth-order valence-corrected chi connectivity index (χ4v) is 1.93. The van der Waals surface area contributed by atoms with E-state index in [2.05, 4.69) is 19.9 Å². The van der Waals surface area contributed by atoms with Crippen molar-refractivity contribution in [3.8, 4) is 0 Å². The van der Waals surface area contributed by atoms with E-state index < -0.39 is 0 Å². The minimum Gasteiger partial charge on any atom is -0.396 e. The van der Waals surface area contributed by atoms with E-state index in [1.165, 1.54) is 63.4 Å². The van der Waals surface area contributed by atoms with Crippen molar-refractivity contribution in [1.82, 2.24) is 0 Å². The molecule has 0 saturated carbocycles. The van der Waals surface area contributed by atoms with E-state index in [9.17, 15) is 0 Å². The van der Waals surface area contributed by atoms with Crippen LogP contribution in [0.1, 0.15) is 78.1 Å². The molecule has 16 heavy (non-hydrogen) atoms. The van der Waals surface area contributed by atoms with Gasteiger partial charge in [0, 0.05) is 6.61 Å². The number of hydrogen-bond acceptors (Lipinski definition) is 1. The van der Waals surface area contributed by atoms with Crippen LogP contribution < -0.4 is 0 Å². The van der Waals surface area contributed by atoms with Crippen LogP contribution >= 0.6 is 0 Å². The van der Waals surface area contributed by atoms with Gasteiger partial charge in [0.2, 0.25) is 0 Å². The highest BCUT2D eigenvalue weighted by Gasteiger charge is 1.96. The number of rotatable bonds is 11. The van der Waals surface area contributed by atoms with Crippen LogP contribution in [0.2, 0.25) is 0 Å². The van der Waals surface area contributed by atoms with Gasteiger partial charge in [-0.15, -0.1) is 0 Å². The molecule has 0 fully saturated rings. The van der Waals surface area contributed by atoms with E-state index in [4.69, 9.17) is 5.11 Å². The molecule has 1 N–H and O–H groups in total. The summed E-state index contributed by atoms with van der Waals surface area (Å²) in [5, 5.41) is 8.97. The second-order valence-corrected chi connectivity index (χ2v) is 4.64. The molecule has 0 spiro atoms. The molecule has 0 aromatic carbocycles. The molecule has 0 aliphatic rings. The zero-order valence-electron chi connectivity index (χ0n) is 11.3. The molecule has 0 amide bonds. The smallest absolute Gasteiger partial charge is 0.0468 e. The summed E-state index contributed by atoms with van der Waals surface area (Å²) in [6.45, 7) is 4.79. The number of unbranched alkanes of at least 4 members (excludes halogenated alkanes) is 6. The Morgan fingerprint density at radius 1 is 0.875 bits per heavy atom. The minimum absolute atomic E-state index is 0.311. The van der Waals surface area contributed by atoms with Gasteiger partial charge in [-0.1, -0.05) is 57.6 Å². The zero-order chi connectivity index (χ0) is 12.1. The standard InChI is InChI=1S/C15H30O/c1-3-5-7-8-9-10-12-15(13-14-16)11-6-4-2/h12,16H,3-11,13-14H2,1-2H3/b15-12+. The Morgan fingerprint density at radius 2 is 1.56 bits per heavy atom. The Balaban J connectivity index is 3.58. The van der Waals surface area contributed by atoms with E-state index in [1.54, 1.807) is 0 Å². The van der Waals surface area contributed by atoms with Gasteiger partial charge in [-0.25, -0.2) is 0 Å². The van der Waals surface area contributed by atoms with E-state index >= 15 is 0 Å². The highest BCUT2D eigenvalue weighted by molar-refractivity contribution is 5.01. The van der Waals surface area contributed by atoms with Crippen molar-refractivity contribution in [2.75, 3.05) is 6.61 Å². The number of hydrogen-bond donors (Lipinski definition) is 1. The monoisotopic (exact) mass is 226 g/mol. The fourth-order valence-electron chi connectivity index (χ4n) is 1.93. The lowest BCUT2D eigenvalue weighted by Gasteiger charge is -2.05. The molecule has 0 atom stereocenters. The lowest BCUT2D eigenvalue weighted by Crippen LogP contribution is -1.90. The van der Waals surface area contributed by atoms with E-state index in [0.717, 1.165) is 6.42 Å². The second-order valence-electron chi connectivity index (χ2n) is 4.64. The highest BCUT2D eigenvalue weighted by atomic mass is 16.2. The van der Waals surface area contributed by atoms with E-state index in [-0.39, 0.29) is 0 Å². The molecule has 0 saturated heterocycles. The first-order valence-electron chi connectivity index (χ1n) is 7.13. The molecule has 0 aromatic rings. The Labute approximate surface area is 102 Å². The fraction of sp³-hybridized carbons (Fsp3) is 0.867. The summed E-state index contributed by atoms with van der Waals surface area (Å²) >= 11 is 0. The molecule has 0 heterocycles. The summed E-state index contributed by atoms with van der Waals surface area (Å²) in [6.07, 6.45) is 14.9. The van der Waals surface area contributed by atoms with Crippen molar-refractivity contribution < 1.29 is 5.11 Å². The number of aliphatic hydroxyl groups excluding tert-OH is 1. The van der Waals surface area contributed by atoms with Crippen LogP contribution in [0.15, 0.2) is 11.6 Å². The van der Waals surface area contributed by atoms with Gasteiger partial charge in [-0.2, -0.15) is 0 Å². The summed E-state index contributed by atoms with van der Waals surface area (Å²) in [7, 11) is 0. The van der Waals surface area contributed by atoms with E-state index in [1.807, 2.05) is 0 Å². The van der Waals surface area contributed by atoms with Crippen molar-refractivity contribution in [3.63, 3.8) is 0 Å². The second kappa shape index (κ2) is 12.8. The molecule has 0 aliphatic heterocycles. The SMILES string of the molecule is CCCCCCC/C=C(/CCO)CCCC. The minimum atomic E-state index is 0.311.